The molecule has 2 heteroatoms. The lowest BCUT2D eigenvalue weighted by molar-refractivity contribution is 0.843. The summed E-state index contributed by atoms with van der Waals surface area (Å²) in [5.41, 5.74) is 3.62. The summed E-state index contributed by atoms with van der Waals surface area (Å²) in [7, 11) is 0. The van der Waals surface area contributed by atoms with Gasteiger partial charge < -0.3 is 5.01 Å². The van der Waals surface area contributed by atoms with E-state index in [4.69, 9.17) is 5.84 Å². The highest BCUT2D eigenvalue weighted by Crippen LogP contribution is 2.19. The lowest BCUT2D eigenvalue weighted by Crippen LogP contribution is -2.30. The first-order chi connectivity index (χ1) is 8.31. The Balaban J connectivity index is 2.17. The monoisotopic (exact) mass is 226 g/mol. The highest BCUT2D eigenvalue weighted by Gasteiger charge is 2.06. The minimum absolute atomic E-state index is 0.734. The summed E-state index contributed by atoms with van der Waals surface area (Å²) in [4.78, 5) is 0. The smallest absolute Gasteiger partial charge is 0.0592 e. The maximum Gasteiger partial charge on any atom is 0.0592 e. The van der Waals surface area contributed by atoms with Crippen molar-refractivity contribution in [1.29, 1.82) is 0 Å². The topological polar surface area (TPSA) is 29.3 Å². The lowest BCUT2D eigenvalue weighted by atomic mass is 10.1. The minimum atomic E-state index is 0.734. The molecule has 2 aromatic rings. The molecule has 0 aromatic heterocycles. The summed E-state index contributed by atoms with van der Waals surface area (Å²) in [5.74, 6) is 6.14. The molecule has 0 bridgehead atoms. The average Bonchev–Trinajstić information content (AvgIpc) is 2.40. The van der Waals surface area contributed by atoms with Gasteiger partial charge in [-0.1, -0.05) is 55.5 Å². The van der Waals surface area contributed by atoms with Crippen LogP contribution in [0.3, 0.4) is 0 Å². The summed E-state index contributed by atoms with van der Waals surface area (Å²) in [5, 5.41) is 1.81. The van der Waals surface area contributed by atoms with E-state index in [0.717, 1.165) is 18.7 Å². The summed E-state index contributed by atoms with van der Waals surface area (Å²) >= 11 is 0. The van der Waals surface area contributed by atoms with Gasteiger partial charge in [0, 0.05) is 0 Å². The fraction of sp³-hybridized carbons (Fsp3) is 0.200. The maximum atomic E-state index is 6.14. The lowest BCUT2D eigenvalue weighted by Gasteiger charge is -2.21. The van der Waals surface area contributed by atoms with Crippen molar-refractivity contribution < 1.29 is 0 Å². The van der Waals surface area contributed by atoms with Crippen LogP contribution in [0.4, 0.5) is 5.69 Å². The van der Waals surface area contributed by atoms with Gasteiger partial charge in [0.25, 0.3) is 0 Å². The first-order valence-electron chi connectivity index (χ1n) is 5.95. The quantitative estimate of drug-likeness (QED) is 0.641. The normalized spacial score (nSPS) is 10.2. The molecule has 0 aliphatic heterocycles. The molecule has 0 aliphatic carbocycles. The fourth-order valence-electron chi connectivity index (χ4n) is 1.96. The van der Waals surface area contributed by atoms with Crippen LogP contribution < -0.4 is 10.9 Å². The number of anilines is 1. The highest BCUT2D eigenvalue weighted by molar-refractivity contribution is 5.52. The molecular weight excluding hydrogens is 208 g/mol. The van der Waals surface area contributed by atoms with E-state index in [9.17, 15) is 0 Å². The molecule has 0 saturated carbocycles. The number of benzene rings is 2. The van der Waals surface area contributed by atoms with Crippen LogP contribution in [-0.4, -0.2) is 0 Å². The zero-order chi connectivity index (χ0) is 12.1. The Labute approximate surface area is 103 Å². The van der Waals surface area contributed by atoms with Crippen molar-refractivity contribution in [2.75, 3.05) is 5.01 Å². The van der Waals surface area contributed by atoms with Crippen molar-refractivity contribution in [3.05, 3.63) is 65.7 Å². The number of nitrogens with zero attached hydrogens (tertiary/aromatic N) is 1. The first kappa shape index (κ1) is 11.7. The Hall–Kier alpha value is -1.80. The third-order valence-electron chi connectivity index (χ3n) is 2.88. The van der Waals surface area contributed by atoms with Crippen LogP contribution in [0.25, 0.3) is 0 Å². The van der Waals surface area contributed by atoms with Gasteiger partial charge in [-0.3, -0.25) is 0 Å². The zero-order valence-corrected chi connectivity index (χ0v) is 10.1. The highest BCUT2D eigenvalue weighted by atomic mass is 15.4. The number of para-hydroxylation sites is 1. The van der Waals surface area contributed by atoms with Crippen molar-refractivity contribution in [3.8, 4) is 0 Å². The Bertz CT molecular complexity index is 465. The molecule has 2 rings (SSSR count). The third-order valence-corrected chi connectivity index (χ3v) is 2.88. The maximum absolute atomic E-state index is 6.14. The molecule has 0 unspecified atom stereocenters. The van der Waals surface area contributed by atoms with E-state index in [0.29, 0.717) is 0 Å². The molecule has 2 aromatic carbocycles. The number of aryl methyl sites for hydroxylation is 1. The van der Waals surface area contributed by atoms with E-state index in [1.165, 1.54) is 11.1 Å². The van der Waals surface area contributed by atoms with Crippen LogP contribution in [0.5, 0.6) is 0 Å². The molecule has 0 amide bonds. The third kappa shape index (κ3) is 2.86. The van der Waals surface area contributed by atoms with Gasteiger partial charge in [0.1, 0.15) is 0 Å². The summed E-state index contributed by atoms with van der Waals surface area (Å²) in [6.45, 7) is 2.88. The second-order valence-electron chi connectivity index (χ2n) is 4.10. The van der Waals surface area contributed by atoms with Crippen LogP contribution in [0.1, 0.15) is 18.1 Å². The second-order valence-corrected chi connectivity index (χ2v) is 4.10. The first-order valence-corrected chi connectivity index (χ1v) is 5.95. The number of hydrogen-bond acceptors (Lipinski definition) is 2. The van der Waals surface area contributed by atoms with Gasteiger partial charge >= 0.3 is 0 Å². The Morgan fingerprint density at radius 2 is 1.59 bits per heavy atom. The molecular formula is C15H18N2. The van der Waals surface area contributed by atoms with E-state index >= 15 is 0 Å². The van der Waals surface area contributed by atoms with Crippen LogP contribution in [0.2, 0.25) is 0 Å². The van der Waals surface area contributed by atoms with Crippen LogP contribution in [0.15, 0.2) is 54.6 Å². The van der Waals surface area contributed by atoms with Gasteiger partial charge in [-0.25, -0.2) is 5.84 Å². The van der Waals surface area contributed by atoms with Crippen molar-refractivity contribution in [2.45, 2.75) is 19.9 Å². The van der Waals surface area contributed by atoms with E-state index in [2.05, 4.69) is 37.3 Å². The van der Waals surface area contributed by atoms with Crippen LogP contribution in [0, 0.1) is 0 Å². The van der Waals surface area contributed by atoms with Gasteiger partial charge in [0.05, 0.1) is 12.2 Å². The molecule has 2 N–H and O–H groups in total. The molecule has 2 nitrogen and oxygen atoms in total. The number of hydrazine groups is 1. The van der Waals surface area contributed by atoms with Crippen molar-refractivity contribution in [2.24, 2.45) is 5.84 Å². The van der Waals surface area contributed by atoms with E-state index in [-0.39, 0.29) is 0 Å². The van der Waals surface area contributed by atoms with E-state index in [1.807, 2.05) is 29.3 Å². The molecule has 0 saturated heterocycles. The Morgan fingerprint density at radius 3 is 2.29 bits per heavy atom. The predicted molar refractivity (Wildman–Crippen MR) is 72.6 cm³/mol. The molecule has 0 heterocycles. The van der Waals surface area contributed by atoms with Gasteiger partial charge in [0.2, 0.25) is 0 Å². The predicted octanol–water partition coefficient (Wildman–Crippen LogP) is 3.13. The fourth-order valence-corrected chi connectivity index (χ4v) is 1.96. The Kier molecular flexibility index (Phi) is 3.78. The molecule has 88 valence electrons. The number of rotatable bonds is 4. The molecule has 0 spiro atoms. The Morgan fingerprint density at radius 1 is 0.941 bits per heavy atom. The largest absolute Gasteiger partial charge is 0.306 e. The summed E-state index contributed by atoms with van der Waals surface area (Å²) in [6.07, 6.45) is 0.999. The molecule has 0 radical (unpaired) electrons. The second kappa shape index (κ2) is 5.51. The molecule has 0 aliphatic rings. The molecule has 17 heavy (non-hydrogen) atoms. The molecule has 0 fully saturated rings. The summed E-state index contributed by atoms with van der Waals surface area (Å²) < 4.78 is 0. The summed E-state index contributed by atoms with van der Waals surface area (Å²) in [6, 6.07) is 18.6. The van der Waals surface area contributed by atoms with Gasteiger partial charge in [-0.15, -0.1) is 0 Å². The zero-order valence-electron chi connectivity index (χ0n) is 10.1. The standard InChI is InChI=1S/C15H18N2/c1-2-14-10-6-7-11-15(14)17(16)12-13-8-4-3-5-9-13/h3-11H,2,12,16H2,1H3. The molecule has 0 atom stereocenters. The number of nitrogens with two attached hydrogens (primary N) is 1. The van der Waals surface area contributed by atoms with Gasteiger partial charge in [-0.2, -0.15) is 0 Å². The average molecular weight is 226 g/mol. The van der Waals surface area contributed by atoms with Gasteiger partial charge in [-0.05, 0) is 23.6 Å². The van der Waals surface area contributed by atoms with Crippen molar-refractivity contribution >= 4 is 5.69 Å². The van der Waals surface area contributed by atoms with Gasteiger partial charge in [0.15, 0.2) is 0 Å². The van der Waals surface area contributed by atoms with Crippen LogP contribution in [-0.2, 0) is 13.0 Å². The number of hydrogen-bond donors (Lipinski definition) is 1. The van der Waals surface area contributed by atoms with Crippen molar-refractivity contribution in [1.82, 2.24) is 0 Å². The van der Waals surface area contributed by atoms with E-state index < -0.39 is 0 Å². The van der Waals surface area contributed by atoms with Crippen LogP contribution >= 0.6 is 0 Å². The van der Waals surface area contributed by atoms with E-state index in [1.54, 1.807) is 0 Å². The van der Waals surface area contributed by atoms with Crippen molar-refractivity contribution in [3.63, 3.8) is 0 Å². The SMILES string of the molecule is CCc1ccccc1N(N)Cc1ccccc1. The minimum Gasteiger partial charge on any atom is -0.306 e.